The molecule has 6 nitrogen and oxygen atoms in total. The second-order valence-corrected chi connectivity index (χ2v) is 6.81. The van der Waals surface area contributed by atoms with E-state index in [1.54, 1.807) is 17.0 Å². The van der Waals surface area contributed by atoms with Gasteiger partial charge in [-0.05, 0) is 30.3 Å². The molecule has 1 aromatic heterocycles. The number of nitrogens with one attached hydrogen (secondary N) is 1. The molecule has 2 aromatic carbocycles. The Bertz CT molecular complexity index is 994. The van der Waals surface area contributed by atoms with E-state index in [1.807, 2.05) is 24.3 Å². The fourth-order valence-electron chi connectivity index (χ4n) is 2.95. The van der Waals surface area contributed by atoms with Gasteiger partial charge >= 0.3 is 5.97 Å². The molecule has 1 unspecified atom stereocenters. The maximum absolute atomic E-state index is 12.5. The summed E-state index contributed by atoms with van der Waals surface area (Å²) < 4.78 is 0.976. The van der Waals surface area contributed by atoms with Crippen molar-refractivity contribution in [1.29, 1.82) is 5.41 Å². The van der Waals surface area contributed by atoms with Crippen LogP contribution in [-0.4, -0.2) is 34.2 Å². The third-order valence-electron chi connectivity index (χ3n) is 4.16. The van der Waals surface area contributed by atoms with Gasteiger partial charge in [0, 0.05) is 5.69 Å². The van der Waals surface area contributed by atoms with Crippen molar-refractivity contribution >= 4 is 44.8 Å². The van der Waals surface area contributed by atoms with Crippen LogP contribution in [-0.2, 0) is 4.79 Å². The fourth-order valence-corrected chi connectivity index (χ4v) is 4.04. The molecular weight excluding hydrogens is 338 g/mol. The summed E-state index contributed by atoms with van der Waals surface area (Å²) in [6.07, 6.45) is 0. The van der Waals surface area contributed by atoms with Gasteiger partial charge in [0.15, 0.2) is 5.78 Å². The molecular formula is C18H13N3O3S. The molecule has 3 aromatic rings. The van der Waals surface area contributed by atoms with E-state index in [1.165, 1.54) is 23.5 Å². The monoisotopic (exact) mass is 351 g/mol. The molecule has 0 spiro atoms. The molecule has 0 radical (unpaired) electrons. The van der Waals surface area contributed by atoms with E-state index in [0.29, 0.717) is 10.7 Å². The molecule has 1 aliphatic heterocycles. The van der Waals surface area contributed by atoms with Crippen molar-refractivity contribution in [3.05, 3.63) is 59.1 Å². The number of rotatable bonds is 3. The molecule has 1 aliphatic rings. The van der Waals surface area contributed by atoms with Crippen LogP contribution < -0.4 is 4.90 Å². The quantitative estimate of drug-likeness (QED) is 0.756. The summed E-state index contributed by atoms with van der Waals surface area (Å²) in [6, 6.07) is 13.9. The van der Waals surface area contributed by atoms with Gasteiger partial charge < -0.3 is 10.0 Å². The van der Waals surface area contributed by atoms with Crippen LogP contribution in [0.3, 0.4) is 0 Å². The first kappa shape index (κ1) is 15.5. The smallest absolute Gasteiger partial charge is 0.335 e. The number of nitrogens with zero attached hydrogens (tertiary/aromatic N) is 2. The van der Waals surface area contributed by atoms with E-state index in [2.05, 4.69) is 4.98 Å². The van der Waals surface area contributed by atoms with Crippen molar-refractivity contribution in [1.82, 2.24) is 4.98 Å². The molecule has 1 fully saturated rings. The molecule has 25 heavy (non-hydrogen) atoms. The highest BCUT2D eigenvalue weighted by atomic mass is 32.1. The van der Waals surface area contributed by atoms with Gasteiger partial charge in [-0.3, -0.25) is 10.2 Å². The Labute approximate surface area is 146 Å². The molecule has 0 amide bonds. The van der Waals surface area contributed by atoms with Gasteiger partial charge in [0.2, 0.25) is 0 Å². The Balaban J connectivity index is 1.70. The lowest BCUT2D eigenvalue weighted by Crippen LogP contribution is -2.25. The van der Waals surface area contributed by atoms with Crippen LogP contribution in [0.2, 0.25) is 0 Å². The minimum absolute atomic E-state index is 0.0441. The Kier molecular flexibility index (Phi) is 3.58. The third-order valence-corrected chi connectivity index (χ3v) is 5.26. The molecule has 0 saturated carbocycles. The Morgan fingerprint density at radius 2 is 2.04 bits per heavy atom. The SMILES string of the molecule is N=C1C(c2nc3ccccc3s2)C(=O)CN1c1cccc(C(=O)O)c1. The van der Waals surface area contributed by atoms with Gasteiger partial charge in [0.1, 0.15) is 16.8 Å². The Hall–Kier alpha value is -3.06. The lowest BCUT2D eigenvalue weighted by Gasteiger charge is -2.18. The van der Waals surface area contributed by atoms with Crippen LogP contribution in [0.25, 0.3) is 10.2 Å². The summed E-state index contributed by atoms with van der Waals surface area (Å²) in [4.78, 5) is 29.7. The minimum Gasteiger partial charge on any atom is -0.478 e. The third kappa shape index (κ3) is 2.58. The van der Waals surface area contributed by atoms with E-state index in [4.69, 9.17) is 10.5 Å². The normalized spacial score (nSPS) is 17.4. The number of thiazole rings is 1. The van der Waals surface area contributed by atoms with Crippen LogP contribution in [0.5, 0.6) is 0 Å². The minimum atomic E-state index is -1.04. The van der Waals surface area contributed by atoms with Crippen LogP contribution in [0.15, 0.2) is 48.5 Å². The van der Waals surface area contributed by atoms with Crippen molar-refractivity contribution in [3.63, 3.8) is 0 Å². The van der Waals surface area contributed by atoms with E-state index >= 15 is 0 Å². The van der Waals surface area contributed by atoms with Crippen molar-refractivity contribution in [2.24, 2.45) is 0 Å². The summed E-state index contributed by atoms with van der Waals surface area (Å²) in [5.41, 5.74) is 1.47. The first-order chi connectivity index (χ1) is 12.0. The number of aromatic nitrogens is 1. The van der Waals surface area contributed by atoms with Gasteiger partial charge in [0.05, 0.1) is 22.3 Å². The lowest BCUT2D eigenvalue weighted by atomic mass is 10.1. The highest BCUT2D eigenvalue weighted by Gasteiger charge is 2.40. The number of para-hydroxylation sites is 1. The van der Waals surface area contributed by atoms with Crippen molar-refractivity contribution < 1.29 is 14.7 Å². The summed E-state index contributed by atoms with van der Waals surface area (Å²) in [7, 11) is 0. The van der Waals surface area contributed by atoms with Crippen molar-refractivity contribution in [2.45, 2.75) is 5.92 Å². The Morgan fingerprint density at radius 3 is 2.80 bits per heavy atom. The van der Waals surface area contributed by atoms with Gasteiger partial charge in [-0.15, -0.1) is 11.3 Å². The number of Topliss-reactive ketones (excluding diaryl/α,β-unsaturated/α-hetero) is 1. The number of hydrogen-bond donors (Lipinski definition) is 2. The number of anilines is 1. The van der Waals surface area contributed by atoms with E-state index < -0.39 is 11.9 Å². The standard InChI is InChI=1S/C18H13N3O3S/c19-16-15(17-20-12-6-1-2-7-14(12)25-17)13(22)9-21(16)11-5-3-4-10(8-11)18(23)24/h1-8,15,19H,9H2,(H,23,24). The van der Waals surface area contributed by atoms with Gasteiger partial charge in [0.25, 0.3) is 0 Å². The molecule has 2 heterocycles. The molecule has 1 saturated heterocycles. The molecule has 1 atom stereocenters. The number of carboxylic acids is 1. The van der Waals surface area contributed by atoms with Crippen molar-refractivity contribution in [2.75, 3.05) is 11.4 Å². The lowest BCUT2D eigenvalue weighted by molar-refractivity contribution is -0.116. The number of hydrogen-bond acceptors (Lipinski definition) is 5. The van der Waals surface area contributed by atoms with Crippen LogP contribution in [0.1, 0.15) is 21.3 Å². The van der Waals surface area contributed by atoms with Crippen LogP contribution >= 0.6 is 11.3 Å². The molecule has 4 rings (SSSR count). The zero-order chi connectivity index (χ0) is 17.6. The molecule has 0 bridgehead atoms. The maximum Gasteiger partial charge on any atom is 0.335 e. The summed E-state index contributed by atoms with van der Waals surface area (Å²) in [6.45, 7) is 0.0441. The second kappa shape index (κ2) is 5.78. The van der Waals surface area contributed by atoms with E-state index in [-0.39, 0.29) is 23.7 Å². The number of carbonyl (C=O) groups is 2. The predicted octanol–water partition coefficient (Wildman–Crippen LogP) is 3.14. The number of fused-ring (bicyclic) bond motifs is 1. The number of aromatic carboxylic acids is 1. The zero-order valence-electron chi connectivity index (χ0n) is 13.0. The first-order valence-electron chi connectivity index (χ1n) is 7.62. The van der Waals surface area contributed by atoms with E-state index in [9.17, 15) is 9.59 Å². The largest absolute Gasteiger partial charge is 0.478 e. The van der Waals surface area contributed by atoms with Crippen molar-refractivity contribution in [3.8, 4) is 0 Å². The second-order valence-electron chi connectivity index (χ2n) is 5.75. The van der Waals surface area contributed by atoms with Crippen LogP contribution in [0.4, 0.5) is 5.69 Å². The number of benzene rings is 2. The number of carbonyl (C=O) groups excluding carboxylic acids is 1. The predicted molar refractivity (Wildman–Crippen MR) is 95.8 cm³/mol. The molecule has 2 N–H and O–H groups in total. The maximum atomic E-state index is 12.5. The first-order valence-corrected chi connectivity index (χ1v) is 8.44. The van der Waals surface area contributed by atoms with Gasteiger partial charge in [-0.1, -0.05) is 18.2 Å². The number of ketones is 1. The number of carboxylic acid groups (broad SMARTS) is 1. The molecule has 7 heteroatoms. The average Bonchev–Trinajstić information content (AvgIpc) is 3.15. The highest BCUT2D eigenvalue weighted by Crippen LogP contribution is 2.34. The highest BCUT2D eigenvalue weighted by molar-refractivity contribution is 7.18. The molecule has 0 aliphatic carbocycles. The van der Waals surface area contributed by atoms with Crippen LogP contribution in [0, 0.1) is 5.41 Å². The fraction of sp³-hybridized carbons (Fsp3) is 0.111. The Morgan fingerprint density at radius 1 is 1.24 bits per heavy atom. The van der Waals surface area contributed by atoms with Gasteiger partial charge in [-0.2, -0.15) is 0 Å². The number of amidine groups is 1. The zero-order valence-corrected chi connectivity index (χ0v) is 13.8. The van der Waals surface area contributed by atoms with Gasteiger partial charge in [-0.25, -0.2) is 9.78 Å². The van der Waals surface area contributed by atoms with E-state index in [0.717, 1.165) is 10.2 Å². The summed E-state index contributed by atoms with van der Waals surface area (Å²) in [5, 5.41) is 18.2. The molecule has 124 valence electrons. The summed E-state index contributed by atoms with van der Waals surface area (Å²) in [5.74, 6) is -1.72. The average molecular weight is 351 g/mol. The summed E-state index contributed by atoms with van der Waals surface area (Å²) >= 11 is 1.41. The topological polar surface area (TPSA) is 94.4 Å².